The first kappa shape index (κ1) is 19.8. The Morgan fingerprint density at radius 2 is 1.85 bits per heavy atom. The molecule has 1 saturated carbocycles. The monoisotopic (exact) mass is 403 g/mol. The molecule has 0 bridgehead atoms. The van der Waals surface area contributed by atoms with Gasteiger partial charge in [0, 0.05) is 21.9 Å². The van der Waals surface area contributed by atoms with E-state index in [1.165, 1.54) is 0 Å². The number of halogens is 1. The Morgan fingerprint density at radius 3 is 2.50 bits per heavy atom. The van der Waals surface area contributed by atoms with Gasteiger partial charge in [0.1, 0.15) is 17.7 Å². The lowest BCUT2D eigenvalue weighted by Gasteiger charge is -2.25. The summed E-state index contributed by atoms with van der Waals surface area (Å²) in [6.45, 7) is 9.56. The number of rotatable bonds is 5. The lowest BCUT2D eigenvalue weighted by Crippen LogP contribution is -2.35. The first-order valence-electron chi connectivity index (χ1n) is 8.81. The van der Waals surface area contributed by atoms with Crippen molar-refractivity contribution in [2.24, 2.45) is 5.92 Å². The van der Waals surface area contributed by atoms with Gasteiger partial charge in [-0.3, -0.25) is 0 Å². The highest BCUT2D eigenvalue weighted by atomic mass is 35.7. The molecule has 0 radical (unpaired) electrons. The third-order valence-electron chi connectivity index (χ3n) is 5.14. The molecule has 1 aliphatic carbocycles. The molecule has 1 N–H and O–H groups in total. The van der Waals surface area contributed by atoms with E-state index in [0.717, 1.165) is 23.5 Å². The molecule has 1 aromatic rings. The van der Waals surface area contributed by atoms with Gasteiger partial charge in [-0.2, -0.15) is 0 Å². The third kappa shape index (κ3) is 4.30. The van der Waals surface area contributed by atoms with Gasteiger partial charge < -0.3 is 14.8 Å². The zero-order chi connectivity index (χ0) is 19.3. The number of hydrogen-bond donors (Lipinski definition) is 1. The van der Waals surface area contributed by atoms with Crippen LogP contribution in [0.5, 0.6) is 0 Å². The summed E-state index contributed by atoms with van der Waals surface area (Å²) in [5.41, 5.74) is 1.93. The second-order valence-corrected chi connectivity index (χ2v) is 10.6. The molecule has 2 aliphatic rings. The van der Waals surface area contributed by atoms with Crippen molar-refractivity contribution in [1.29, 1.82) is 0 Å². The Labute approximate surface area is 159 Å². The van der Waals surface area contributed by atoms with E-state index >= 15 is 0 Å². The normalized spacial score (nSPS) is 30.4. The van der Waals surface area contributed by atoms with Gasteiger partial charge in [-0.25, -0.2) is 18.4 Å². The summed E-state index contributed by atoms with van der Waals surface area (Å²) in [5.74, 6) is 0.790. The fourth-order valence-corrected chi connectivity index (χ4v) is 4.74. The summed E-state index contributed by atoms with van der Waals surface area (Å²) in [6.07, 6.45) is 0.860. The Kier molecular flexibility index (Phi) is 5.24. The fourth-order valence-electron chi connectivity index (χ4n) is 3.89. The summed E-state index contributed by atoms with van der Waals surface area (Å²) in [4.78, 5) is 8.90. The van der Waals surface area contributed by atoms with Crippen LogP contribution < -0.4 is 5.32 Å². The maximum absolute atomic E-state index is 11.4. The quantitative estimate of drug-likeness (QED) is 0.755. The standard InChI is InChI=1S/C17H26ClN3O4S/c1-9-10(2)19-11(3)20-16(9)21-13-8-12(6-7-26(18,22)23)14-15(13)25-17(4,5)24-14/h12-15H,6-8H2,1-5H3,(H,19,20,21)/t12-,13+,14+,15-/m0/s1. The van der Waals surface area contributed by atoms with E-state index in [-0.39, 0.29) is 29.9 Å². The van der Waals surface area contributed by atoms with E-state index in [1.54, 1.807) is 0 Å². The molecule has 3 rings (SSSR count). The summed E-state index contributed by atoms with van der Waals surface area (Å²) >= 11 is 0. The predicted octanol–water partition coefficient (Wildman–Crippen LogP) is 2.68. The minimum atomic E-state index is -3.53. The number of hydrogen-bond acceptors (Lipinski definition) is 7. The molecule has 26 heavy (non-hydrogen) atoms. The average Bonchev–Trinajstić information content (AvgIpc) is 2.96. The van der Waals surface area contributed by atoms with Gasteiger partial charge in [-0.15, -0.1) is 0 Å². The van der Waals surface area contributed by atoms with Gasteiger partial charge in [0.15, 0.2) is 5.79 Å². The number of anilines is 1. The smallest absolute Gasteiger partial charge is 0.232 e. The number of aryl methyl sites for hydroxylation is 2. The molecule has 2 heterocycles. The van der Waals surface area contributed by atoms with Crippen LogP contribution in [-0.2, 0) is 18.5 Å². The Morgan fingerprint density at radius 1 is 1.19 bits per heavy atom. The summed E-state index contributed by atoms with van der Waals surface area (Å²) < 4.78 is 34.9. The number of aromatic nitrogens is 2. The lowest BCUT2D eigenvalue weighted by atomic mass is 10.0. The van der Waals surface area contributed by atoms with Crippen LogP contribution in [0.25, 0.3) is 0 Å². The highest BCUT2D eigenvalue weighted by Gasteiger charge is 2.54. The largest absolute Gasteiger partial charge is 0.364 e. The molecule has 0 unspecified atom stereocenters. The van der Waals surface area contributed by atoms with Crippen molar-refractivity contribution >= 4 is 25.6 Å². The maximum atomic E-state index is 11.4. The van der Waals surface area contributed by atoms with Crippen molar-refractivity contribution in [2.75, 3.05) is 11.1 Å². The molecule has 2 fully saturated rings. The van der Waals surface area contributed by atoms with Crippen molar-refractivity contribution in [1.82, 2.24) is 9.97 Å². The van der Waals surface area contributed by atoms with Crippen LogP contribution in [0, 0.1) is 26.7 Å². The van der Waals surface area contributed by atoms with Crippen molar-refractivity contribution in [3.63, 3.8) is 0 Å². The number of fused-ring (bicyclic) bond motifs is 1. The van der Waals surface area contributed by atoms with Crippen LogP contribution in [0.15, 0.2) is 0 Å². The molecule has 146 valence electrons. The molecule has 4 atom stereocenters. The molecule has 0 amide bonds. The minimum absolute atomic E-state index is 0.0165. The van der Waals surface area contributed by atoms with Gasteiger partial charge in [-0.1, -0.05) is 0 Å². The van der Waals surface area contributed by atoms with Gasteiger partial charge in [0.2, 0.25) is 9.05 Å². The van der Waals surface area contributed by atoms with Crippen LogP contribution in [0.4, 0.5) is 5.82 Å². The summed E-state index contributed by atoms with van der Waals surface area (Å²) in [6, 6.07) is -0.0165. The van der Waals surface area contributed by atoms with E-state index in [1.807, 2.05) is 34.6 Å². The third-order valence-corrected chi connectivity index (χ3v) is 6.32. The maximum Gasteiger partial charge on any atom is 0.232 e. The first-order valence-corrected chi connectivity index (χ1v) is 11.3. The van der Waals surface area contributed by atoms with Crippen molar-refractivity contribution < 1.29 is 17.9 Å². The van der Waals surface area contributed by atoms with E-state index in [4.69, 9.17) is 20.2 Å². The van der Waals surface area contributed by atoms with Crippen LogP contribution in [0.1, 0.15) is 43.8 Å². The highest BCUT2D eigenvalue weighted by molar-refractivity contribution is 8.13. The SMILES string of the molecule is Cc1nc(C)c(C)c(N[C@@H]2C[C@H](CCS(=O)(=O)Cl)[C@H]3OC(C)(C)O[C@H]32)n1. The van der Waals surface area contributed by atoms with Crippen LogP contribution in [0.3, 0.4) is 0 Å². The topological polar surface area (TPSA) is 90.4 Å². The summed E-state index contributed by atoms with van der Waals surface area (Å²) in [7, 11) is 1.87. The van der Waals surface area contributed by atoms with E-state index < -0.39 is 14.8 Å². The Balaban J connectivity index is 1.81. The number of nitrogens with one attached hydrogen (secondary N) is 1. The van der Waals surface area contributed by atoms with Crippen molar-refractivity contribution in [3.05, 3.63) is 17.1 Å². The molecule has 1 aliphatic heterocycles. The summed E-state index contributed by atoms with van der Waals surface area (Å²) in [5, 5.41) is 3.49. The molecule has 7 nitrogen and oxygen atoms in total. The molecule has 0 aromatic carbocycles. The van der Waals surface area contributed by atoms with Crippen LogP contribution in [0.2, 0.25) is 0 Å². The second-order valence-electron chi connectivity index (χ2n) is 7.67. The molecule has 0 spiro atoms. The van der Waals surface area contributed by atoms with E-state index in [2.05, 4.69) is 15.3 Å². The minimum Gasteiger partial charge on any atom is -0.364 e. The predicted molar refractivity (Wildman–Crippen MR) is 99.8 cm³/mol. The zero-order valence-electron chi connectivity index (χ0n) is 15.7. The van der Waals surface area contributed by atoms with Crippen molar-refractivity contribution in [3.8, 4) is 0 Å². The van der Waals surface area contributed by atoms with Crippen LogP contribution >= 0.6 is 10.7 Å². The lowest BCUT2D eigenvalue weighted by molar-refractivity contribution is -0.157. The van der Waals surface area contributed by atoms with Gasteiger partial charge in [0.05, 0.1) is 17.9 Å². The van der Waals surface area contributed by atoms with Gasteiger partial charge >= 0.3 is 0 Å². The first-order chi connectivity index (χ1) is 12.0. The van der Waals surface area contributed by atoms with E-state index in [9.17, 15) is 8.42 Å². The van der Waals surface area contributed by atoms with Gasteiger partial charge in [0.25, 0.3) is 0 Å². The fraction of sp³-hybridized carbons (Fsp3) is 0.765. The Hall–Kier alpha value is -0.960. The van der Waals surface area contributed by atoms with Crippen LogP contribution in [-0.4, -0.2) is 48.2 Å². The average molecular weight is 404 g/mol. The molecular weight excluding hydrogens is 378 g/mol. The molecule has 1 aromatic heterocycles. The molecule has 9 heteroatoms. The molecular formula is C17H26ClN3O4S. The van der Waals surface area contributed by atoms with Crippen molar-refractivity contribution in [2.45, 2.75) is 71.5 Å². The second kappa shape index (κ2) is 6.89. The number of ether oxygens (including phenoxy) is 2. The molecule has 1 saturated heterocycles. The van der Waals surface area contributed by atoms with E-state index in [0.29, 0.717) is 12.2 Å². The number of nitrogens with zero attached hydrogens (tertiary/aromatic N) is 2. The Bertz CT molecular complexity index is 799. The zero-order valence-corrected chi connectivity index (χ0v) is 17.3. The van der Waals surface area contributed by atoms with Gasteiger partial charge in [-0.05, 0) is 53.4 Å². The highest BCUT2D eigenvalue weighted by Crippen LogP contribution is 2.44.